The van der Waals surface area contributed by atoms with E-state index in [1.165, 1.54) is 16.8 Å². The van der Waals surface area contributed by atoms with E-state index in [9.17, 15) is 5.26 Å². The Morgan fingerprint density at radius 3 is 2.59 bits per heavy atom. The third-order valence-electron chi connectivity index (χ3n) is 3.99. The van der Waals surface area contributed by atoms with Gasteiger partial charge in [-0.3, -0.25) is 0 Å². The van der Waals surface area contributed by atoms with E-state index < -0.39 is 0 Å². The summed E-state index contributed by atoms with van der Waals surface area (Å²) in [7, 11) is 0. The molecule has 1 aliphatic heterocycles. The summed E-state index contributed by atoms with van der Waals surface area (Å²) in [6, 6.07) is 8.99. The van der Waals surface area contributed by atoms with Crippen LogP contribution in [0, 0.1) is 31.1 Å². The van der Waals surface area contributed by atoms with E-state index in [1.54, 1.807) is 0 Å². The van der Waals surface area contributed by atoms with Crippen LogP contribution in [0.3, 0.4) is 0 Å². The van der Waals surface area contributed by atoms with Crippen molar-refractivity contribution in [2.24, 2.45) is 5.92 Å². The van der Waals surface area contributed by atoms with Gasteiger partial charge in [0, 0.05) is 12.2 Å². The maximum atomic E-state index is 9.20. The fourth-order valence-corrected chi connectivity index (χ4v) is 2.85. The molecular weight excluding hydrogens is 208 g/mol. The smallest absolute Gasteiger partial charge is 0.0706 e. The predicted molar refractivity (Wildman–Crippen MR) is 71.1 cm³/mol. The molecule has 0 amide bonds. The van der Waals surface area contributed by atoms with Crippen LogP contribution < -0.4 is 4.90 Å². The average Bonchev–Trinajstić information content (AvgIpc) is 2.54. The van der Waals surface area contributed by atoms with Gasteiger partial charge in [0.25, 0.3) is 0 Å². The van der Waals surface area contributed by atoms with E-state index in [0.717, 1.165) is 13.0 Å². The predicted octanol–water partition coefficient (Wildman–Crippen LogP) is 3.43. The summed E-state index contributed by atoms with van der Waals surface area (Å²) in [5, 5.41) is 9.20. The zero-order chi connectivity index (χ0) is 12.6. The highest BCUT2D eigenvalue weighted by atomic mass is 15.2. The number of hydrogen-bond donors (Lipinski definition) is 0. The number of rotatable bonds is 1. The van der Waals surface area contributed by atoms with Gasteiger partial charge in [0.15, 0.2) is 0 Å². The average molecular weight is 228 g/mol. The molecule has 0 spiro atoms. The lowest BCUT2D eigenvalue weighted by Crippen LogP contribution is -2.42. The molecule has 1 aliphatic rings. The summed E-state index contributed by atoms with van der Waals surface area (Å²) in [6.45, 7) is 9.59. The van der Waals surface area contributed by atoms with Gasteiger partial charge in [-0.1, -0.05) is 17.7 Å². The third-order valence-corrected chi connectivity index (χ3v) is 3.99. The molecule has 2 heteroatoms. The zero-order valence-corrected chi connectivity index (χ0v) is 11.1. The third kappa shape index (κ3) is 1.91. The van der Waals surface area contributed by atoms with Gasteiger partial charge >= 0.3 is 0 Å². The summed E-state index contributed by atoms with van der Waals surface area (Å²) in [6.07, 6.45) is 0.969. The Morgan fingerprint density at radius 1 is 1.35 bits per heavy atom. The Morgan fingerprint density at radius 2 is 2.06 bits per heavy atom. The standard InChI is InChI=1S/C15H20N2/c1-11-5-6-14(12(2)9-11)17-8-7-13(10-16)15(17,3)4/h5-6,9,13H,7-8H2,1-4H3. The van der Waals surface area contributed by atoms with Crippen molar-refractivity contribution in [1.29, 1.82) is 5.26 Å². The maximum absolute atomic E-state index is 9.20. The van der Waals surface area contributed by atoms with E-state index in [0.29, 0.717) is 0 Å². The minimum Gasteiger partial charge on any atom is -0.365 e. The van der Waals surface area contributed by atoms with Crippen LogP contribution in [0.4, 0.5) is 5.69 Å². The van der Waals surface area contributed by atoms with E-state index >= 15 is 0 Å². The summed E-state index contributed by atoms with van der Waals surface area (Å²) in [5.74, 6) is 0.128. The van der Waals surface area contributed by atoms with Gasteiger partial charge in [0.1, 0.15) is 0 Å². The fourth-order valence-electron chi connectivity index (χ4n) is 2.85. The van der Waals surface area contributed by atoms with Crippen LogP contribution >= 0.6 is 0 Å². The first kappa shape index (κ1) is 12.0. The minimum atomic E-state index is -0.0607. The fraction of sp³-hybridized carbons (Fsp3) is 0.533. The SMILES string of the molecule is Cc1ccc(N2CCC(C#N)C2(C)C)c(C)c1. The highest BCUT2D eigenvalue weighted by molar-refractivity contribution is 5.57. The Balaban J connectivity index is 2.39. The molecule has 0 N–H and O–H groups in total. The van der Waals surface area contributed by atoms with Crippen molar-refractivity contribution in [2.45, 2.75) is 39.7 Å². The number of hydrogen-bond acceptors (Lipinski definition) is 2. The van der Waals surface area contributed by atoms with Gasteiger partial charge in [-0.2, -0.15) is 5.26 Å². The molecule has 1 aromatic carbocycles. The van der Waals surface area contributed by atoms with Gasteiger partial charge < -0.3 is 4.90 Å². The molecule has 1 heterocycles. The highest BCUT2D eigenvalue weighted by Gasteiger charge is 2.41. The normalized spacial score (nSPS) is 22.5. The quantitative estimate of drug-likeness (QED) is 0.736. The first-order chi connectivity index (χ1) is 7.96. The van der Waals surface area contributed by atoms with Gasteiger partial charge in [0.05, 0.1) is 17.5 Å². The zero-order valence-electron chi connectivity index (χ0n) is 11.1. The van der Waals surface area contributed by atoms with Crippen LogP contribution in [0.5, 0.6) is 0 Å². The molecular formula is C15H20N2. The van der Waals surface area contributed by atoms with Crippen LogP contribution in [-0.2, 0) is 0 Å². The molecule has 0 radical (unpaired) electrons. The second-order valence-electron chi connectivity index (χ2n) is 5.57. The molecule has 1 unspecified atom stereocenters. The van der Waals surface area contributed by atoms with Crippen LogP contribution in [0.2, 0.25) is 0 Å². The van der Waals surface area contributed by atoms with Crippen molar-refractivity contribution in [3.8, 4) is 6.07 Å². The van der Waals surface area contributed by atoms with Crippen molar-refractivity contribution in [2.75, 3.05) is 11.4 Å². The van der Waals surface area contributed by atoms with Crippen molar-refractivity contribution in [3.63, 3.8) is 0 Å². The summed E-state index contributed by atoms with van der Waals surface area (Å²) >= 11 is 0. The van der Waals surface area contributed by atoms with Crippen molar-refractivity contribution >= 4 is 5.69 Å². The maximum Gasteiger partial charge on any atom is 0.0706 e. The molecule has 1 fully saturated rings. The van der Waals surface area contributed by atoms with Gasteiger partial charge in [-0.05, 0) is 45.7 Å². The Hall–Kier alpha value is -1.49. The van der Waals surface area contributed by atoms with Crippen molar-refractivity contribution in [3.05, 3.63) is 29.3 Å². The molecule has 1 aromatic rings. The lowest BCUT2D eigenvalue weighted by molar-refractivity contribution is 0.438. The Kier molecular flexibility index (Phi) is 2.87. The number of aryl methyl sites for hydroxylation is 2. The summed E-state index contributed by atoms with van der Waals surface area (Å²) in [5.41, 5.74) is 3.81. The van der Waals surface area contributed by atoms with E-state index in [-0.39, 0.29) is 11.5 Å². The van der Waals surface area contributed by atoms with Gasteiger partial charge in [-0.25, -0.2) is 0 Å². The molecule has 90 valence electrons. The highest BCUT2D eigenvalue weighted by Crippen LogP contribution is 2.39. The first-order valence-electron chi connectivity index (χ1n) is 6.21. The number of nitrogens with zero attached hydrogens (tertiary/aromatic N) is 2. The molecule has 17 heavy (non-hydrogen) atoms. The molecule has 0 aromatic heterocycles. The first-order valence-corrected chi connectivity index (χ1v) is 6.21. The number of benzene rings is 1. The van der Waals surface area contributed by atoms with Gasteiger partial charge in [-0.15, -0.1) is 0 Å². The second-order valence-corrected chi connectivity index (χ2v) is 5.57. The van der Waals surface area contributed by atoms with E-state index in [1.807, 2.05) is 0 Å². The monoisotopic (exact) mass is 228 g/mol. The van der Waals surface area contributed by atoms with Crippen LogP contribution in [-0.4, -0.2) is 12.1 Å². The molecule has 2 rings (SSSR count). The van der Waals surface area contributed by atoms with Crippen LogP contribution in [0.25, 0.3) is 0 Å². The second kappa shape index (κ2) is 4.07. The number of anilines is 1. The minimum absolute atomic E-state index is 0.0607. The van der Waals surface area contributed by atoms with Crippen LogP contribution in [0.15, 0.2) is 18.2 Å². The molecule has 1 saturated heterocycles. The van der Waals surface area contributed by atoms with E-state index in [4.69, 9.17) is 0 Å². The lowest BCUT2D eigenvalue weighted by atomic mass is 9.89. The van der Waals surface area contributed by atoms with E-state index in [2.05, 4.69) is 56.9 Å². The molecule has 1 atom stereocenters. The Bertz CT molecular complexity index is 468. The number of nitriles is 1. The topological polar surface area (TPSA) is 27.0 Å². The molecule has 0 bridgehead atoms. The van der Waals surface area contributed by atoms with Gasteiger partial charge in [0.2, 0.25) is 0 Å². The largest absolute Gasteiger partial charge is 0.365 e. The lowest BCUT2D eigenvalue weighted by Gasteiger charge is -2.36. The van der Waals surface area contributed by atoms with Crippen LogP contribution in [0.1, 0.15) is 31.4 Å². The molecule has 2 nitrogen and oxygen atoms in total. The van der Waals surface area contributed by atoms with Crippen molar-refractivity contribution in [1.82, 2.24) is 0 Å². The van der Waals surface area contributed by atoms with Crippen molar-refractivity contribution < 1.29 is 0 Å². The Labute approximate surface area is 104 Å². The molecule has 0 saturated carbocycles. The molecule has 0 aliphatic carbocycles. The summed E-state index contributed by atoms with van der Waals surface area (Å²) < 4.78 is 0. The summed E-state index contributed by atoms with van der Waals surface area (Å²) in [4.78, 5) is 2.38.